The molecule has 0 spiro atoms. The summed E-state index contributed by atoms with van der Waals surface area (Å²) >= 11 is 0. The fraction of sp³-hybridized carbons (Fsp3) is 0.538. The highest BCUT2D eigenvalue weighted by atomic mass is 14.9. The third-order valence-electron chi connectivity index (χ3n) is 2.71. The molecule has 1 nitrogen and oxygen atoms in total. The lowest BCUT2D eigenvalue weighted by Gasteiger charge is -2.17. The molecule has 1 aromatic carbocycles. The van der Waals surface area contributed by atoms with Gasteiger partial charge in [-0.15, -0.1) is 0 Å². The summed E-state index contributed by atoms with van der Waals surface area (Å²) in [6.07, 6.45) is 0. The number of hydrogen-bond acceptors (Lipinski definition) is 1. The minimum atomic E-state index is 0.579. The molecule has 0 fully saturated rings. The molecule has 0 aromatic heterocycles. The predicted octanol–water partition coefficient (Wildman–Crippen LogP) is 3.13. The standard InChI is InChI=1S/C13H21N/c1-10(2)12(4)14-9-13-7-5-6-11(3)8-13/h5-8,10,12,14H,9H2,1-4H3/t12-/m0/s1. The molecule has 0 aliphatic rings. The zero-order valence-electron chi connectivity index (χ0n) is 9.67. The summed E-state index contributed by atoms with van der Waals surface area (Å²) in [6.45, 7) is 9.83. The minimum absolute atomic E-state index is 0.579. The molecule has 1 heteroatoms. The van der Waals surface area contributed by atoms with Crippen LogP contribution in [0.2, 0.25) is 0 Å². The number of aryl methyl sites for hydroxylation is 1. The summed E-state index contributed by atoms with van der Waals surface area (Å²) in [5, 5.41) is 3.53. The molecule has 0 bridgehead atoms. The van der Waals surface area contributed by atoms with Crippen molar-refractivity contribution in [2.24, 2.45) is 5.92 Å². The monoisotopic (exact) mass is 191 g/mol. The van der Waals surface area contributed by atoms with E-state index in [0.29, 0.717) is 12.0 Å². The van der Waals surface area contributed by atoms with Gasteiger partial charge in [0, 0.05) is 12.6 Å². The van der Waals surface area contributed by atoms with E-state index in [-0.39, 0.29) is 0 Å². The molecule has 0 radical (unpaired) electrons. The second-order valence-corrected chi connectivity index (χ2v) is 4.40. The fourth-order valence-corrected chi connectivity index (χ4v) is 1.34. The molecular formula is C13H21N. The van der Waals surface area contributed by atoms with Crippen LogP contribution in [0.3, 0.4) is 0 Å². The molecule has 78 valence electrons. The van der Waals surface area contributed by atoms with Gasteiger partial charge in [-0.25, -0.2) is 0 Å². The smallest absolute Gasteiger partial charge is 0.0208 e. The lowest BCUT2D eigenvalue weighted by atomic mass is 10.1. The highest BCUT2D eigenvalue weighted by Gasteiger charge is 2.05. The first-order valence-corrected chi connectivity index (χ1v) is 5.38. The van der Waals surface area contributed by atoms with Crippen molar-refractivity contribution in [3.05, 3.63) is 35.4 Å². The Labute approximate surface area is 87.5 Å². The Bertz CT molecular complexity index is 278. The average Bonchev–Trinajstić information content (AvgIpc) is 2.14. The maximum atomic E-state index is 3.53. The third-order valence-corrected chi connectivity index (χ3v) is 2.71. The topological polar surface area (TPSA) is 12.0 Å². The Balaban J connectivity index is 2.45. The second-order valence-electron chi connectivity index (χ2n) is 4.40. The highest BCUT2D eigenvalue weighted by molar-refractivity contribution is 5.21. The number of rotatable bonds is 4. The molecule has 0 aliphatic carbocycles. The molecule has 0 amide bonds. The molecule has 0 saturated carbocycles. The van der Waals surface area contributed by atoms with Crippen molar-refractivity contribution in [3.8, 4) is 0 Å². The lowest BCUT2D eigenvalue weighted by Crippen LogP contribution is -2.30. The van der Waals surface area contributed by atoms with Gasteiger partial charge in [0.05, 0.1) is 0 Å². The second kappa shape index (κ2) is 5.16. The maximum absolute atomic E-state index is 3.53. The van der Waals surface area contributed by atoms with E-state index in [0.717, 1.165) is 6.54 Å². The van der Waals surface area contributed by atoms with Crippen molar-refractivity contribution < 1.29 is 0 Å². The van der Waals surface area contributed by atoms with Crippen LogP contribution in [0.25, 0.3) is 0 Å². The van der Waals surface area contributed by atoms with Crippen molar-refractivity contribution in [1.29, 1.82) is 0 Å². The zero-order chi connectivity index (χ0) is 10.6. The maximum Gasteiger partial charge on any atom is 0.0208 e. The van der Waals surface area contributed by atoms with E-state index in [1.54, 1.807) is 0 Å². The van der Waals surface area contributed by atoms with Crippen LogP contribution >= 0.6 is 0 Å². The van der Waals surface area contributed by atoms with Gasteiger partial charge in [-0.1, -0.05) is 43.7 Å². The van der Waals surface area contributed by atoms with Gasteiger partial charge in [0.2, 0.25) is 0 Å². The average molecular weight is 191 g/mol. The van der Waals surface area contributed by atoms with E-state index in [1.807, 2.05) is 0 Å². The van der Waals surface area contributed by atoms with Gasteiger partial charge in [0.1, 0.15) is 0 Å². The van der Waals surface area contributed by atoms with Crippen molar-refractivity contribution in [2.75, 3.05) is 0 Å². The Morgan fingerprint density at radius 2 is 1.93 bits per heavy atom. The van der Waals surface area contributed by atoms with E-state index in [4.69, 9.17) is 0 Å². The van der Waals surface area contributed by atoms with Gasteiger partial charge < -0.3 is 5.32 Å². The fourth-order valence-electron chi connectivity index (χ4n) is 1.34. The minimum Gasteiger partial charge on any atom is -0.310 e. The quantitative estimate of drug-likeness (QED) is 0.771. The summed E-state index contributed by atoms with van der Waals surface area (Å²) in [6, 6.07) is 9.24. The van der Waals surface area contributed by atoms with E-state index in [9.17, 15) is 0 Å². The molecule has 0 saturated heterocycles. The SMILES string of the molecule is Cc1cccc(CN[C@@H](C)C(C)C)c1. The van der Waals surface area contributed by atoms with Gasteiger partial charge in [0.25, 0.3) is 0 Å². The molecular weight excluding hydrogens is 170 g/mol. The van der Waals surface area contributed by atoms with Crippen LogP contribution < -0.4 is 5.32 Å². The number of benzene rings is 1. The molecule has 0 unspecified atom stereocenters. The highest BCUT2D eigenvalue weighted by Crippen LogP contribution is 2.05. The normalized spacial score (nSPS) is 13.2. The van der Waals surface area contributed by atoms with Crippen molar-refractivity contribution in [3.63, 3.8) is 0 Å². The molecule has 1 atom stereocenters. The Morgan fingerprint density at radius 3 is 2.50 bits per heavy atom. The van der Waals surface area contributed by atoms with Crippen molar-refractivity contribution in [1.82, 2.24) is 5.32 Å². The van der Waals surface area contributed by atoms with E-state index < -0.39 is 0 Å². The van der Waals surface area contributed by atoms with E-state index in [1.165, 1.54) is 11.1 Å². The summed E-state index contributed by atoms with van der Waals surface area (Å²) in [5.74, 6) is 0.694. The van der Waals surface area contributed by atoms with Crippen LogP contribution in [0, 0.1) is 12.8 Å². The van der Waals surface area contributed by atoms with E-state index >= 15 is 0 Å². The van der Waals surface area contributed by atoms with E-state index in [2.05, 4.69) is 57.3 Å². The number of hydrogen-bond donors (Lipinski definition) is 1. The Morgan fingerprint density at radius 1 is 1.21 bits per heavy atom. The molecule has 1 aromatic rings. The van der Waals surface area contributed by atoms with Gasteiger partial charge in [-0.05, 0) is 25.3 Å². The molecule has 0 heterocycles. The molecule has 0 aliphatic heterocycles. The largest absolute Gasteiger partial charge is 0.310 e. The van der Waals surface area contributed by atoms with Gasteiger partial charge in [-0.3, -0.25) is 0 Å². The number of nitrogens with one attached hydrogen (secondary N) is 1. The third kappa shape index (κ3) is 3.51. The van der Waals surface area contributed by atoms with Crippen LogP contribution in [0.15, 0.2) is 24.3 Å². The summed E-state index contributed by atoms with van der Waals surface area (Å²) in [4.78, 5) is 0. The van der Waals surface area contributed by atoms with Crippen LogP contribution in [-0.4, -0.2) is 6.04 Å². The van der Waals surface area contributed by atoms with Gasteiger partial charge in [-0.2, -0.15) is 0 Å². The van der Waals surface area contributed by atoms with Crippen molar-refractivity contribution >= 4 is 0 Å². The van der Waals surface area contributed by atoms with Crippen LogP contribution in [0.5, 0.6) is 0 Å². The molecule has 1 N–H and O–H groups in total. The van der Waals surface area contributed by atoms with Crippen molar-refractivity contribution in [2.45, 2.75) is 40.3 Å². The first-order valence-electron chi connectivity index (χ1n) is 5.38. The Hall–Kier alpha value is -0.820. The van der Waals surface area contributed by atoms with Crippen LogP contribution in [-0.2, 0) is 6.54 Å². The van der Waals surface area contributed by atoms with Gasteiger partial charge >= 0.3 is 0 Å². The predicted molar refractivity (Wildman–Crippen MR) is 62.3 cm³/mol. The first kappa shape index (κ1) is 11.3. The first-order chi connectivity index (χ1) is 6.59. The lowest BCUT2D eigenvalue weighted by molar-refractivity contribution is 0.426. The summed E-state index contributed by atoms with van der Waals surface area (Å²) in [7, 11) is 0. The van der Waals surface area contributed by atoms with Crippen LogP contribution in [0.1, 0.15) is 31.9 Å². The molecule has 14 heavy (non-hydrogen) atoms. The summed E-state index contributed by atoms with van der Waals surface area (Å²) < 4.78 is 0. The van der Waals surface area contributed by atoms with Gasteiger partial charge in [0.15, 0.2) is 0 Å². The molecule has 1 rings (SSSR count). The Kier molecular flexibility index (Phi) is 4.15. The summed E-state index contributed by atoms with van der Waals surface area (Å²) in [5.41, 5.74) is 2.71. The van der Waals surface area contributed by atoms with Crippen LogP contribution in [0.4, 0.5) is 0 Å². The zero-order valence-corrected chi connectivity index (χ0v) is 9.67.